The SMILES string of the molecule is O=C(O)Cc1cc(F)c(Cl)cc1O. The van der Waals surface area contributed by atoms with Crippen LogP contribution in [0.2, 0.25) is 5.02 Å². The Hall–Kier alpha value is -1.29. The number of benzene rings is 1. The molecule has 1 aromatic rings. The maximum absolute atomic E-state index is 12.8. The highest BCUT2D eigenvalue weighted by atomic mass is 35.5. The number of hydrogen-bond donors (Lipinski definition) is 2. The van der Waals surface area contributed by atoms with Crippen molar-refractivity contribution in [3.05, 3.63) is 28.5 Å². The van der Waals surface area contributed by atoms with Gasteiger partial charge in [-0.05, 0) is 6.07 Å². The molecule has 2 N–H and O–H groups in total. The van der Waals surface area contributed by atoms with Crippen LogP contribution in [0.25, 0.3) is 0 Å². The summed E-state index contributed by atoms with van der Waals surface area (Å²) < 4.78 is 12.8. The number of aromatic hydroxyl groups is 1. The van der Waals surface area contributed by atoms with E-state index in [-0.39, 0.29) is 16.3 Å². The summed E-state index contributed by atoms with van der Waals surface area (Å²) in [5.41, 5.74) is 0.00870. The van der Waals surface area contributed by atoms with Crippen molar-refractivity contribution in [2.75, 3.05) is 0 Å². The van der Waals surface area contributed by atoms with E-state index in [2.05, 4.69) is 0 Å². The van der Waals surface area contributed by atoms with Crippen LogP contribution in [0, 0.1) is 5.82 Å². The van der Waals surface area contributed by atoms with Crippen LogP contribution in [-0.4, -0.2) is 16.2 Å². The summed E-state index contributed by atoms with van der Waals surface area (Å²) in [7, 11) is 0. The van der Waals surface area contributed by atoms with E-state index in [1.54, 1.807) is 0 Å². The predicted molar refractivity (Wildman–Crippen MR) is 44.4 cm³/mol. The number of aliphatic carboxylic acids is 1. The molecule has 0 heterocycles. The zero-order valence-corrected chi connectivity index (χ0v) is 7.18. The Morgan fingerprint density at radius 1 is 1.54 bits per heavy atom. The third-order valence-electron chi connectivity index (χ3n) is 1.46. The Labute approximate surface area is 78.4 Å². The summed E-state index contributed by atoms with van der Waals surface area (Å²) >= 11 is 5.34. The Morgan fingerprint density at radius 3 is 2.69 bits per heavy atom. The van der Waals surface area contributed by atoms with Gasteiger partial charge in [0.1, 0.15) is 11.6 Å². The van der Waals surface area contributed by atoms with Gasteiger partial charge >= 0.3 is 5.97 Å². The van der Waals surface area contributed by atoms with Crippen LogP contribution >= 0.6 is 11.6 Å². The van der Waals surface area contributed by atoms with E-state index in [0.29, 0.717) is 0 Å². The molecule has 0 saturated heterocycles. The number of carbonyl (C=O) groups is 1. The molecule has 0 aromatic heterocycles. The van der Waals surface area contributed by atoms with E-state index in [9.17, 15) is 9.18 Å². The number of halogens is 2. The van der Waals surface area contributed by atoms with E-state index in [1.165, 1.54) is 0 Å². The third kappa shape index (κ3) is 2.32. The van der Waals surface area contributed by atoms with Crippen LogP contribution in [0.3, 0.4) is 0 Å². The number of phenolic OH excluding ortho intramolecular Hbond substituents is 1. The Morgan fingerprint density at radius 2 is 2.15 bits per heavy atom. The van der Waals surface area contributed by atoms with E-state index < -0.39 is 18.2 Å². The fourth-order valence-electron chi connectivity index (χ4n) is 0.882. The minimum atomic E-state index is -1.14. The molecular weight excluding hydrogens is 199 g/mol. The van der Waals surface area contributed by atoms with Crippen molar-refractivity contribution >= 4 is 17.6 Å². The molecule has 0 spiro atoms. The average molecular weight is 205 g/mol. The smallest absolute Gasteiger partial charge is 0.307 e. The normalized spacial score (nSPS) is 10.0. The van der Waals surface area contributed by atoms with Crippen LogP contribution in [0.4, 0.5) is 4.39 Å². The first-order chi connectivity index (χ1) is 6.00. The number of hydrogen-bond acceptors (Lipinski definition) is 2. The monoisotopic (exact) mass is 204 g/mol. The lowest BCUT2D eigenvalue weighted by Crippen LogP contribution is -2.00. The highest BCUT2D eigenvalue weighted by Gasteiger charge is 2.10. The molecule has 0 saturated carbocycles. The molecule has 13 heavy (non-hydrogen) atoms. The zero-order chi connectivity index (χ0) is 10.0. The van der Waals surface area contributed by atoms with Crippen LogP contribution in [0.1, 0.15) is 5.56 Å². The van der Waals surface area contributed by atoms with Crippen molar-refractivity contribution in [3.63, 3.8) is 0 Å². The first-order valence-electron chi connectivity index (χ1n) is 3.39. The second-order valence-corrected chi connectivity index (χ2v) is 2.87. The average Bonchev–Trinajstić information content (AvgIpc) is 1.99. The molecule has 0 aliphatic carbocycles. The Bertz CT molecular complexity index is 351. The lowest BCUT2D eigenvalue weighted by Gasteiger charge is -2.02. The minimum Gasteiger partial charge on any atom is -0.508 e. The van der Waals surface area contributed by atoms with Gasteiger partial charge in [0, 0.05) is 11.6 Å². The zero-order valence-electron chi connectivity index (χ0n) is 6.42. The van der Waals surface area contributed by atoms with Gasteiger partial charge in [0.25, 0.3) is 0 Å². The molecule has 0 amide bonds. The summed E-state index contributed by atoms with van der Waals surface area (Å²) in [5, 5.41) is 17.3. The van der Waals surface area contributed by atoms with Gasteiger partial charge in [0.15, 0.2) is 0 Å². The van der Waals surface area contributed by atoms with Gasteiger partial charge in [-0.2, -0.15) is 0 Å². The lowest BCUT2D eigenvalue weighted by atomic mass is 10.1. The molecular formula is C8H6ClFO3. The highest BCUT2D eigenvalue weighted by Crippen LogP contribution is 2.25. The van der Waals surface area contributed by atoms with Gasteiger partial charge in [0.2, 0.25) is 0 Å². The molecule has 5 heteroatoms. The molecule has 1 aromatic carbocycles. The van der Waals surface area contributed by atoms with Gasteiger partial charge in [0.05, 0.1) is 11.4 Å². The van der Waals surface area contributed by atoms with Crippen molar-refractivity contribution < 1.29 is 19.4 Å². The Balaban J connectivity index is 3.08. The highest BCUT2D eigenvalue weighted by molar-refractivity contribution is 6.30. The lowest BCUT2D eigenvalue weighted by molar-refractivity contribution is -0.136. The molecule has 70 valence electrons. The molecule has 3 nitrogen and oxygen atoms in total. The molecule has 0 fully saturated rings. The fourth-order valence-corrected chi connectivity index (χ4v) is 1.04. The predicted octanol–water partition coefficient (Wildman–Crippen LogP) is 1.81. The van der Waals surface area contributed by atoms with Crippen LogP contribution in [0.15, 0.2) is 12.1 Å². The first-order valence-corrected chi connectivity index (χ1v) is 3.77. The van der Waals surface area contributed by atoms with Crippen LogP contribution in [0.5, 0.6) is 5.75 Å². The quantitative estimate of drug-likeness (QED) is 0.773. The molecule has 0 aliphatic rings. The molecule has 0 aliphatic heterocycles. The van der Waals surface area contributed by atoms with E-state index in [1.807, 2.05) is 0 Å². The topological polar surface area (TPSA) is 57.5 Å². The summed E-state index contributed by atoms with van der Waals surface area (Å²) in [6, 6.07) is 1.89. The van der Waals surface area contributed by atoms with Gasteiger partial charge in [-0.25, -0.2) is 4.39 Å². The molecule has 0 unspecified atom stereocenters. The molecule has 0 radical (unpaired) electrons. The van der Waals surface area contributed by atoms with Crippen molar-refractivity contribution in [1.82, 2.24) is 0 Å². The molecule has 0 bridgehead atoms. The summed E-state index contributed by atoms with van der Waals surface area (Å²) in [6.07, 6.45) is -0.431. The van der Waals surface area contributed by atoms with Gasteiger partial charge in [-0.15, -0.1) is 0 Å². The number of carboxylic acids is 1. The van der Waals surface area contributed by atoms with Crippen LogP contribution in [-0.2, 0) is 11.2 Å². The third-order valence-corrected chi connectivity index (χ3v) is 1.75. The summed E-state index contributed by atoms with van der Waals surface area (Å²) in [4.78, 5) is 10.3. The summed E-state index contributed by atoms with van der Waals surface area (Å²) in [6.45, 7) is 0. The number of carboxylic acid groups (broad SMARTS) is 1. The molecule has 1 rings (SSSR count). The minimum absolute atomic E-state index is 0.00870. The largest absolute Gasteiger partial charge is 0.508 e. The maximum atomic E-state index is 12.8. The van der Waals surface area contributed by atoms with Gasteiger partial charge in [-0.1, -0.05) is 11.6 Å². The van der Waals surface area contributed by atoms with Gasteiger partial charge in [-0.3, -0.25) is 4.79 Å². The van der Waals surface area contributed by atoms with Crippen molar-refractivity contribution in [2.24, 2.45) is 0 Å². The van der Waals surface area contributed by atoms with Crippen molar-refractivity contribution in [2.45, 2.75) is 6.42 Å². The van der Waals surface area contributed by atoms with Crippen molar-refractivity contribution in [3.8, 4) is 5.75 Å². The van der Waals surface area contributed by atoms with Crippen LogP contribution < -0.4 is 0 Å². The second kappa shape index (κ2) is 3.62. The first kappa shape index (κ1) is 9.80. The van der Waals surface area contributed by atoms with Gasteiger partial charge < -0.3 is 10.2 Å². The second-order valence-electron chi connectivity index (χ2n) is 2.47. The Kier molecular flexibility index (Phi) is 2.72. The maximum Gasteiger partial charge on any atom is 0.307 e. The van der Waals surface area contributed by atoms with E-state index in [0.717, 1.165) is 12.1 Å². The van der Waals surface area contributed by atoms with E-state index in [4.69, 9.17) is 21.8 Å². The van der Waals surface area contributed by atoms with Crippen molar-refractivity contribution in [1.29, 1.82) is 0 Å². The number of phenols is 1. The summed E-state index contributed by atoms with van der Waals surface area (Å²) in [5.74, 6) is -2.19. The van der Waals surface area contributed by atoms with E-state index >= 15 is 0 Å². The standard InChI is InChI=1S/C8H6ClFO3/c9-5-3-7(11)4(1-6(5)10)2-8(12)13/h1,3,11H,2H2,(H,12,13). The number of rotatable bonds is 2. The fraction of sp³-hybridized carbons (Fsp3) is 0.125. The molecule has 0 atom stereocenters.